The molecule has 4 heterocycles. The number of rotatable bonds is 4. The second-order valence-electron chi connectivity index (χ2n) is 12.5. The van der Waals surface area contributed by atoms with E-state index in [9.17, 15) is 0 Å². The third-order valence-electron chi connectivity index (χ3n) is 9.76. The van der Waals surface area contributed by atoms with Gasteiger partial charge in [-0.25, -0.2) is 9.97 Å². The topological polar surface area (TPSA) is 43.2 Å². The lowest BCUT2D eigenvalue weighted by Crippen LogP contribution is -2.28. The highest BCUT2D eigenvalue weighted by molar-refractivity contribution is 5.99. The monoisotopic (exact) mass is 630 g/mol. The number of hydrogen-bond donors (Lipinski definition) is 0. The summed E-state index contributed by atoms with van der Waals surface area (Å²) < 4.78 is 9.47. The molecule has 0 bridgehead atoms. The Morgan fingerprint density at radius 3 is 1.88 bits per heavy atom. The van der Waals surface area contributed by atoms with Gasteiger partial charge in [0.2, 0.25) is 5.95 Å². The minimum atomic E-state index is -0.334. The van der Waals surface area contributed by atoms with Crippen LogP contribution in [0.5, 0.6) is 5.75 Å². The minimum absolute atomic E-state index is 0.233. The number of fused-ring (bicyclic) bond motifs is 9. The fourth-order valence-electron chi connectivity index (χ4n) is 7.67. The van der Waals surface area contributed by atoms with Gasteiger partial charge in [-0.15, -0.1) is 0 Å². The molecule has 0 saturated carbocycles. The second kappa shape index (κ2) is 11.1. The van der Waals surface area contributed by atoms with E-state index in [1.165, 1.54) is 5.39 Å². The SMILES string of the molecule is c1ccc(-c2cc(-c3ccccc3)nc(N3c4ccccc4-c4c(c5ccccc5n4-c4ccccc4)C4Oc5ccccc5C43)n2)cc1. The molecule has 0 radical (unpaired) electrons. The quantitative estimate of drug-likeness (QED) is 0.194. The van der Waals surface area contributed by atoms with Crippen LogP contribution in [0.25, 0.3) is 50.4 Å². The zero-order chi connectivity index (χ0) is 32.3. The summed E-state index contributed by atoms with van der Waals surface area (Å²) in [4.78, 5) is 13.1. The molecule has 5 nitrogen and oxygen atoms in total. The normalized spacial score (nSPS) is 15.9. The van der Waals surface area contributed by atoms with E-state index >= 15 is 0 Å². The molecule has 0 N–H and O–H groups in total. The molecule has 0 aliphatic carbocycles. The Balaban J connectivity index is 1.31. The van der Waals surface area contributed by atoms with Gasteiger partial charge in [-0.2, -0.15) is 0 Å². The van der Waals surface area contributed by atoms with E-state index < -0.39 is 0 Å². The van der Waals surface area contributed by atoms with Crippen LogP contribution in [0.3, 0.4) is 0 Å². The Morgan fingerprint density at radius 2 is 1.14 bits per heavy atom. The zero-order valence-corrected chi connectivity index (χ0v) is 26.5. The summed E-state index contributed by atoms with van der Waals surface area (Å²) in [6.45, 7) is 0. The van der Waals surface area contributed by atoms with Crippen LogP contribution in [0, 0.1) is 0 Å². The summed E-state index contributed by atoms with van der Waals surface area (Å²) in [6.07, 6.45) is -0.334. The molecule has 2 atom stereocenters. The Hall–Kier alpha value is -6.46. The predicted molar refractivity (Wildman–Crippen MR) is 196 cm³/mol. The van der Waals surface area contributed by atoms with Crippen molar-refractivity contribution in [1.29, 1.82) is 0 Å². The van der Waals surface area contributed by atoms with Gasteiger partial charge in [-0.3, -0.25) is 4.90 Å². The Labute approximate surface area is 284 Å². The predicted octanol–water partition coefficient (Wildman–Crippen LogP) is 10.7. The molecule has 0 fully saturated rings. The van der Waals surface area contributed by atoms with Crippen LogP contribution in [-0.4, -0.2) is 14.5 Å². The van der Waals surface area contributed by atoms with Crippen molar-refractivity contribution in [3.05, 3.63) is 181 Å². The minimum Gasteiger partial charge on any atom is -0.483 e. The molecule has 2 aromatic heterocycles. The van der Waals surface area contributed by atoms with Crippen LogP contribution < -0.4 is 9.64 Å². The molecule has 2 unspecified atom stereocenters. The highest BCUT2D eigenvalue weighted by Crippen LogP contribution is 2.59. The third-order valence-corrected chi connectivity index (χ3v) is 9.76. The number of ether oxygens (including phenoxy) is 1. The molecular formula is C44H30N4O. The fraction of sp³-hybridized carbons (Fsp3) is 0.0455. The Kier molecular flexibility index (Phi) is 6.24. The summed E-state index contributed by atoms with van der Waals surface area (Å²) in [6, 6.07) is 59.0. The number of nitrogens with zero attached hydrogens (tertiary/aromatic N) is 4. The lowest BCUT2D eigenvalue weighted by molar-refractivity contribution is 0.213. The summed E-state index contributed by atoms with van der Waals surface area (Å²) in [5.41, 5.74) is 11.6. The van der Waals surface area contributed by atoms with Gasteiger partial charge in [0.25, 0.3) is 0 Å². The molecule has 232 valence electrons. The molecule has 2 aliphatic heterocycles. The van der Waals surface area contributed by atoms with Crippen molar-refractivity contribution < 1.29 is 4.74 Å². The summed E-state index contributed by atoms with van der Waals surface area (Å²) in [5, 5.41) is 1.17. The lowest BCUT2D eigenvalue weighted by Gasteiger charge is -2.32. The first kappa shape index (κ1) is 27.6. The molecule has 2 aliphatic rings. The maximum absolute atomic E-state index is 7.08. The van der Waals surface area contributed by atoms with Gasteiger partial charge < -0.3 is 9.30 Å². The van der Waals surface area contributed by atoms with Crippen molar-refractivity contribution in [2.45, 2.75) is 12.1 Å². The Morgan fingerprint density at radius 1 is 0.551 bits per heavy atom. The van der Waals surface area contributed by atoms with Gasteiger partial charge in [-0.05, 0) is 36.4 Å². The van der Waals surface area contributed by atoms with Gasteiger partial charge >= 0.3 is 0 Å². The van der Waals surface area contributed by atoms with Crippen LogP contribution in [0.2, 0.25) is 0 Å². The maximum atomic E-state index is 7.08. The fourth-order valence-corrected chi connectivity index (χ4v) is 7.67. The van der Waals surface area contributed by atoms with Crippen LogP contribution in [-0.2, 0) is 0 Å². The first-order valence-electron chi connectivity index (χ1n) is 16.7. The van der Waals surface area contributed by atoms with E-state index in [0.717, 1.165) is 67.5 Å². The zero-order valence-electron chi connectivity index (χ0n) is 26.5. The number of benzene rings is 6. The van der Waals surface area contributed by atoms with Crippen molar-refractivity contribution >= 4 is 22.5 Å². The third kappa shape index (κ3) is 4.32. The van der Waals surface area contributed by atoms with Gasteiger partial charge in [-0.1, -0.05) is 133 Å². The average Bonchev–Trinajstić information content (AvgIpc) is 3.68. The summed E-state index contributed by atoms with van der Waals surface area (Å²) >= 11 is 0. The molecule has 0 amide bonds. The van der Waals surface area contributed by atoms with E-state index in [1.54, 1.807) is 0 Å². The molecule has 6 aromatic carbocycles. The smallest absolute Gasteiger partial charge is 0.231 e. The first-order chi connectivity index (χ1) is 24.3. The molecule has 49 heavy (non-hydrogen) atoms. The highest BCUT2D eigenvalue weighted by atomic mass is 16.5. The molecule has 8 aromatic rings. The van der Waals surface area contributed by atoms with Crippen molar-refractivity contribution in [2.24, 2.45) is 0 Å². The standard InChI is InChI=1S/C44H30N4O/c1-4-16-29(17-5-1)35-28-36(30-18-6-2-7-19-30)46-44(45-35)48-38-26-14-11-23-33(38)41-40(43-42(48)34-24-12-15-27-39(34)49-43)32-22-10-13-25-37(32)47(41)31-20-8-3-9-21-31/h1-28,42-43H. The molecular weight excluding hydrogens is 601 g/mol. The second-order valence-corrected chi connectivity index (χ2v) is 12.5. The molecule has 10 rings (SSSR count). The van der Waals surface area contributed by atoms with Crippen LogP contribution in [0.1, 0.15) is 23.3 Å². The van der Waals surface area contributed by atoms with Crippen molar-refractivity contribution in [1.82, 2.24) is 14.5 Å². The van der Waals surface area contributed by atoms with Crippen LogP contribution in [0.4, 0.5) is 11.6 Å². The van der Waals surface area contributed by atoms with E-state index in [1.807, 2.05) is 12.1 Å². The van der Waals surface area contributed by atoms with Crippen LogP contribution >= 0.6 is 0 Å². The van der Waals surface area contributed by atoms with E-state index in [-0.39, 0.29) is 12.1 Å². The summed E-state index contributed by atoms with van der Waals surface area (Å²) in [5.74, 6) is 1.51. The number of para-hydroxylation sites is 4. The summed E-state index contributed by atoms with van der Waals surface area (Å²) in [7, 11) is 0. The highest BCUT2D eigenvalue weighted by Gasteiger charge is 2.47. The van der Waals surface area contributed by atoms with Crippen molar-refractivity contribution in [2.75, 3.05) is 4.90 Å². The lowest BCUT2D eigenvalue weighted by atomic mass is 9.95. The van der Waals surface area contributed by atoms with Crippen molar-refractivity contribution in [3.8, 4) is 45.2 Å². The van der Waals surface area contributed by atoms with Gasteiger partial charge in [0, 0.05) is 38.9 Å². The van der Waals surface area contributed by atoms with Crippen LogP contribution in [0.15, 0.2) is 170 Å². The van der Waals surface area contributed by atoms with E-state index in [0.29, 0.717) is 5.95 Å². The molecule has 0 saturated heterocycles. The van der Waals surface area contributed by atoms with Gasteiger partial charge in [0.1, 0.15) is 11.8 Å². The molecule has 5 heteroatoms. The number of aromatic nitrogens is 3. The maximum Gasteiger partial charge on any atom is 0.231 e. The molecule has 0 spiro atoms. The van der Waals surface area contributed by atoms with Gasteiger partial charge in [0.15, 0.2) is 6.10 Å². The van der Waals surface area contributed by atoms with Crippen molar-refractivity contribution in [3.63, 3.8) is 0 Å². The average molecular weight is 631 g/mol. The largest absolute Gasteiger partial charge is 0.483 e. The first-order valence-corrected chi connectivity index (χ1v) is 16.7. The van der Waals surface area contributed by atoms with E-state index in [4.69, 9.17) is 14.7 Å². The number of anilines is 2. The Bertz CT molecular complexity index is 2430. The van der Waals surface area contributed by atoms with E-state index in [2.05, 4.69) is 167 Å². The number of hydrogen-bond acceptors (Lipinski definition) is 4. The van der Waals surface area contributed by atoms with Gasteiger partial charge in [0.05, 0.1) is 28.3 Å².